The van der Waals surface area contributed by atoms with Crippen molar-refractivity contribution in [1.29, 1.82) is 0 Å². The van der Waals surface area contributed by atoms with E-state index in [4.69, 9.17) is 4.74 Å². The zero-order valence-electron chi connectivity index (χ0n) is 12.2. The number of aliphatic hydroxyl groups is 1. The van der Waals surface area contributed by atoms with Crippen LogP contribution >= 0.6 is 0 Å². The van der Waals surface area contributed by atoms with E-state index in [1.165, 1.54) is 0 Å². The number of ether oxygens (including phenoxy) is 1. The van der Waals surface area contributed by atoms with Gasteiger partial charge in [0.25, 0.3) is 0 Å². The molecule has 0 saturated heterocycles. The summed E-state index contributed by atoms with van der Waals surface area (Å²) < 4.78 is 5.65. The lowest BCUT2D eigenvalue weighted by Crippen LogP contribution is -2.43. The Kier molecular flexibility index (Phi) is 4.39. The summed E-state index contributed by atoms with van der Waals surface area (Å²) >= 11 is 0. The number of carbonyl (C=O) groups is 1. The molecular formula is C18H19NO3. The van der Waals surface area contributed by atoms with Crippen LogP contribution < -0.4 is 10.1 Å². The van der Waals surface area contributed by atoms with Crippen molar-refractivity contribution in [3.05, 3.63) is 65.7 Å². The van der Waals surface area contributed by atoms with Gasteiger partial charge in [0.1, 0.15) is 12.4 Å². The number of nitrogens with one attached hydrogen (secondary N) is 1. The predicted octanol–water partition coefficient (Wildman–Crippen LogP) is 2.23. The lowest BCUT2D eigenvalue weighted by atomic mass is 10.0. The zero-order valence-corrected chi connectivity index (χ0v) is 12.2. The third kappa shape index (κ3) is 3.46. The Morgan fingerprint density at radius 1 is 1.18 bits per heavy atom. The van der Waals surface area contributed by atoms with Gasteiger partial charge in [-0.15, -0.1) is 0 Å². The number of aliphatic hydroxyl groups excluding tert-OH is 1. The van der Waals surface area contributed by atoms with Crippen LogP contribution in [0.5, 0.6) is 5.75 Å². The molecule has 0 aliphatic carbocycles. The summed E-state index contributed by atoms with van der Waals surface area (Å²) in [6.07, 6.45) is 0.0314. The summed E-state index contributed by atoms with van der Waals surface area (Å²) in [5.41, 5.74) is 1.85. The third-order valence-corrected chi connectivity index (χ3v) is 3.81. The highest BCUT2D eigenvalue weighted by Crippen LogP contribution is 2.24. The van der Waals surface area contributed by atoms with Crippen molar-refractivity contribution in [1.82, 2.24) is 5.32 Å². The van der Waals surface area contributed by atoms with Crippen molar-refractivity contribution >= 4 is 5.91 Å². The van der Waals surface area contributed by atoms with E-state index < -0.39 is 6.10 Å². The second-order valence-corrected chi connectivity index (χ2v) is 5.52. The molecule has 0 spiro atoms. The minimum absolute atomic E-state index is 0.0506. The zero-order chi connectivity index (χ0) is 15.4. The molecule has 4 heteroatoms. The number of para-hydroxylation sites is 1. The van der Waals surface area contributed by atoms with Gasteiger partial charge in [0.15, 0.2) is 0 Å². The highest BCUT2D eigenvalue weighted by atomic mass is 16.5. The van der Waals surface area contributed by atoms with Gasteiger partial charge in [-0.2, -0.15) is 0 Å². The summed E-state index contributed by atoms with van der Waals surface area (Å²) in [7, 11) is 0. The van der Waals surface area contributed by atoms with Crippen LogP contribution in [0.3, 0.4) is 0 Å². The molecule has 0 aromatic heterocycles. The average molecular weight is 297 g/mol. The first-order valence-corrected chi connectivity index (χ1v) is 7.45. The molecule has 22 heavy (non-hydrogen) atoms. The Balaban J connectivity index is 1.55. The normalized spacial score (nSPS) is 18.0. The van der Waals surface area contributed by atoms with E-state index in [9.17, 15) is 9.90 Å². The maximum absolute atomic E-state index is 12.1. The molecule has 2 atom stereocenters. The number of hydrogen-bond donors (Lipinski definition) is 2. The topological polar surface area (TPSA) is 58.6 Å². The molecule has 2 unspecified atom stereocenters. The maximum atomic E-state index is 12.1. The van der Waals surface area contributed by atoms with Crippen LogP contribution in [-0.2, 0) is 11.2 Å². The Bertz CT molecular complexity index is 642. The second-order valence-electron chi connectivity index (χ2n) is 5.52. The standard InChI is InChI=1S/C18H19NO3/c20-16(13-6-2-1-3-7-13)11-18(21)19-15-10-14-8-4-5-9-17(14)22-12-15/h1-9,15-16,20H,10-12H2,(H,19,21). The van der Waals surface area contributed by atoms with Crippen molar-refractivity contribution in [3.8, 4) is 5.75 Å². The van der Waals surface area contributed by atoms with E-state index in [1.54, 1.807) is 0 Å². The number of carbonyl (C=O) groups excluding carboxylic acids is 1. The Morgan fingerprint density at radius 3 is 2.73 bits per heavy atom. The van der Waals surface area contributed by atoms with Gasteiger partial charge in [-0.25, -0.2) is 0 Å². The highest BCUT2D eigenvalue weighted by molar-refractivity contribution is 5.77. The van der Waals surface area contributed by atoms with Gasteiger partial charge < -0.3 is 15.2 Å². The van der Waals surface area contributed by atoms with Crippen LogP contribution in [0.25, 0.3) is 0 Å². The highest BCUT2D eigenvalue weighted by Gasteiger charge is 2.22. The number of rotatable bonds is 4. The van der Waals surface area contributed by atoms with Crippen LogP contribution in [0.1, 0.15) is 23.7 Å². The van der Waals surface area contributed by atoms with Gasteiger partial charge in [-0.05, 0) is 23.6 Å². The van der Waals surface area contributed by atoms with Crippen molar-refractivity contribution in [2.24, 2.45) is 0 Å². The van der Waals surface area contributed by atoms with Gasteiger partial charge in [-0.1, -0.05) is 48.5 Å². The fourth-order valence-electron chi connectivity index (χ4n) is 2.68. The monoisotopic (exact) mass is 297 g/mol. The van der Waals surface area contributed by atoms with Gasteiger partial charge in [0, 0.05) is 0 Å². The van der Waals surface area contributed by atoms with E-state index >= 15 is 0 Å². The van der Waals surface area contributed by atoms with Gasteiger partial charge in [0.2, 0.25) is 5.91 Å². The van der Waals surface area contributed by atoms with Crippen molar-refractivity contribution in [3.63, 3.8) is 0 Å². The van der Waals surface area contributed by atoms with E-state index in [2.05, 4.69) is 5.32 Å². The molecule has 1 aliphatic rings. The summed E-state index contributed by atoms with van der Waals surface area (Å²) in [6.45, 7) is 0.462. The number of amides is 1. The van der Waals surface area contributed by atoms with Crippen LogP contribution in [-0.4, -0.2) is 23.7 Å². The first-order valence-electron chi connectivity index (χ1n) is 7.45. The molecule has 0 bridgehead atoms. The van der Waals surface area contributed by atoms with E-state index in [1.807, 2.05) is 54.6 Å². The quantitative estimate of drug-likeness (QED) is 0.910. The minimum Gasteiger partial charge on any atom is -0.491 e. The van der Waals surface area contributed by atoms with Crippen molar-refractivity contribution in [2.75, 3.05) is 6.61 Å². The minimum atomic E-state index is -0.780. The molecule has 2 aromatic carbocycles. The first kappa shape index (κ1) is 14.6. The smallest absolute Gasteiger partial charge is 0.223 e. The maximum Gasteiger partial charge on any atom is 0.223 e. The Hall–Kier alpha value is -2.33. The predicted molar refractivity (Wildman–Crippen MR) is 83.6 cm³/mol. The molecular weight excluding hydrogens is 278 g/mol. The lowest BCUT2D eigenvalue weighted by Gasteiger charge is -2.26. The largest absolute Gasteiger partial charge is 0.491 e. The van der Waals surface area contributed by atoms with E-state index in [0.29, 0.717) is 6.61 Å². The number of hydrogen-bond acceptors (Lipinski definition) is 3. The Morgan fingerprint density at radius 2 is 1.91 bits per heavy atom. The average Bonchev–Trinajstić information content (AvgIpc) is 2.55. The van der Waals surface area contributed by atoms with Crippen LogP contribution in [0.15, 0.2) is 54.6 Å². The molecule has 2 N–H and O–H groups in total. The second kappa shape index (κ2) is 6.62. The van der Waals surface area contributed by atoms with Gasteiger partial charge in [-0.3, -0.25) is 4.79 Å². The van der Waals surface area contributed by atoms with E-state index in [0.717, 1.165) is 23.3 Å². The van der Waals surface area contributed by atoms with Crippen molar-refractivity contribution < 1.29 is 14.6 Å². The SMILES string of the molecule is O=C(CC(O)c1ccccc1)NC1COc2ccccc2C1. The molecule has 2 aromatic rings. The fraction of sp³-hybridized carbons (Fsp3) is 0.278. The van der Waals surface area contributed by atoms with Gasteiger partial charge >= 0.3 is 0 Å². The summed E-state index contributed by atoms with van der Waals surface area (Å²) in [6, 6.07) is 17.0. The van der Waals surface area contributed by atoms with Gasteiger partial charge in [0.05, 0.1) is 18.6 Å². The fourth-order valence-corrected chi connectivity index (χ4v) is 2.68. The molecule has 1 aliphatic heterocycles. The molecule has 1 amide bonds. The van der Waals surface area contributed by atoms with Crippen LogP contribution in [0, 0.1) is 0 Å². The molecule has 4 nitrogen and oxygen atoms in total. The summed E-state index contributed by atoms with van der Waals surface area (Å²) in [5, 5.41) is 13.0. The van der Waals surface area contributed by atoms with Crippen molar-refractivity contribution in [2.45, 2.75) is 25.0 Å². The molecule has 0 radical (unpaired) electrons. The number of benzene rings is 2. The number of fused-ring (bicyclic) bond motifs is 1. The van der Waals surface area contributed by atoms with Crippen LogP contribution in [0.2, 0.25) is 0 Å². The van der Waals surface area contributed by atoms with E-state index in [-0.39, 0.29) is 18.4 Å². The molecule has 0 saturated carbocycles. The Labute approximate surface area is 129 Å². The first-order chi connectivity index (χ1) is 10.7. The molecule has 3 rings (SSSR count). The van der Waals surface area contributed by atoms with Crippen LogP contribution in [0.4, 0.5) is 0 Å². The lowest BCUT2D eigenvalue weighted by molar-refractivity contribution is -0.124. The molecule has 0 fully saturated rings. The third-order valence-electron chi connectivity index (χ3n) is 3.81. The molecule has 114 valence electrons. The molecule has 1 heterocycles. The summed E-state index contributed by atoms with van der Waals surface area (Å²) in [5.74, 6) is 0.724. The summed E-state index contributed by atoms with van der Waals surface area (Å²) in [4.78, 5) is 12.1.